The van der Waals surface area contributed by atoms with Crippen molar-refractivity contribution < 1.29 is 0 Å². The minimum atomic E-state index is 0.774. The summed E-state index contributed by atoms with van der Waals surface area (Å²) in [7, 11) is 0. The maximum Gasteiger partial charge on any atom is 0.127 e. The lowest BCUT2D eigenvalue weighted by atomic mass is 10.1. The fourth-order valence-electron chi connectivity index (χ4n) is 1.60. The van der Waals surface area contributed by atoms with E-state index in [9.17, 15) is 0 Å². The SMILES string of the molecule is CC(CNc1cccc(Br)n1)C1CC1. The van der Waals surface area contributed by atoms with Gasteiger partial charge in [0.05, 0.1) is 0 Å². The van der Waals surface area contributed by atoms with Crippen LogP contribution >= 0.6 is 15.9 Å². The first-order valence-corrected chi connectivity index (χ1v) is 5.91. The Bertz CT molecular complexity index is 310. The van der Waals surface area contributed by atoms with Gasteiger partial charge < -0.3 is 5.32 Å². The zero-order valence-corrected chi connectivity index (χ0v) is 9.92. The minimum Gasteiger partial charge on any atom is -0.370 e. The van der Waals surface area contributed by atoms with E-state index < -0.39 is 0 Å². The fraction of sp³-hybridized carbons (Fsp3) is 0.545. The fourth-order valence-corrected chi connectivity index (χ4v) is 1.95. The molecule has 1 N–H and O–H groups in total. The average Bonchev–Trinajstić information content (AvgIpc) is 2.97. The summed E-state index contributed by atoms with van der Waals surface area (Å²) < 4.78 is 0.890. The monoisotopic (exact) mass is 254 g/mol. The van der Waals surface area contributed by atoms with Crippen LogP contribution in [0.5, 0.6) is 0 Å². The number of nitrogens with one attached hydrogen (secondary N) is 1. The van der Waals surface area contributed by atoms with Gasteiger partial charge in [0.25, 0.3) is 0 Å². The van der Waals surface area contributed by atoms with Crippen LogP contribution in [0.3, 0.4) is 0 Å². The van der Waals surface area contributed by atoms with Crippen LogP contribution in [-0.4, -0.2) is 11.5 Å². The van der Waals surface area contributed by atoms with Gasteiger partial charge in [0.2, 0.25) is 0 Å². The van der Waals surface area contributed by atoms with Crippen molar-refractivity contribution in [3.05, 3.63) is 22.8 Å². The molecule has 0 aromatic carbocycles. The molecular weight excluding hydrogens is 240 g/mol. The maximum absolute atomic E-state index is 4.33. The third kappa shape index (κ3) is 2.71. The smallest absolute Gasteiger partial charge is 0.127 e. The first-order valence-electron chi connectivity index (χ1n) is 5.12. The van der Waals surface area contributed by atoms with E-state index in [1.165, 1.54) is 12.8 Å². The van der Waals surface area contributed by atoms with Crippen molar-refractivity contribution in [3.63, 3.8) is 0 Å². The Morgan fingerprint density at radius 2 is 2.36 bits per heavy atom. The van der Waals surface area contributed by atoms with Gasteiger partial charge in [0, 0.05) is 6.54 Å². The molecule has 76 valence electrons. The molecular formula is C11H15BrN2. The Balaban J connectivity index is 1.84. The Hall–Kier alpha value is -0.570. The summed E-state index contributed by atoms with van der Waals surface area (Å²) in [5, 5.41) is 3.37. The average molecular weight is 255 g/mol. The number of pyridine rings is 1. The molecule has 1 saturated carbocycles. The molecule has 2 rings (SSSR count). The molecule has 14 heavy (non-hydrogen) atoms. The number of nitrogens with zero attached hydrogens (tertiary/aromatic N) is 1. The second-order valence-electron chi connectivity index (χ2n) is 4.04. The van der Waals surface area contributed by atoms with E-state index in [2.05, 4.69) is 33.2 Å². The Morgan fingerprint density at radius 1 is 1.57 bits per heavy atom. The van der Waals surface area contributed by atoms with E-state index in [1.807, 2.05) is 18.2 Å². The molecule has 1 aromatic rings. The molecule has 1 fully saturated rings. The van der Waals surface area contributed by atoms with Crippen LogP contribution in [0.1, 0.15) is 19.8 Å². The van der Waals surface area contributed by atoms with Gasteiger partial charge in [-0.15, -0.1) is 0 Å². The van der Waals surface area contributed by atoms with E-state index in [-0.39, 0.29) is 0 Å². The predicted molar refractivity (Wildman–Crippen MR) is 62.3 cm³/mol. The van der Waals surface area contributed by atoms with Crippen LogP contribution in [0.15, 0.2) is 22.8 Å². The molecule has 2 nitrogen and oxygen atoms in total. The molecule has 1 aromatic heterocycles. The van der Waals surface area contributed by atoms with Crippen molar-refractivity contribution in [3.8, 4) is 0 Å². The van der Waals surface area contributed by atoms with Gasteiger partial charge in [-0.2, -0.15) is 0 Å². The van der Waals surface area contributed by atoms with Gasteiger partial charge in [-0.1, -0.05) is 13.0 Å². The number of anilines is 1. The van der Waals surface area contributed by atoms with Crippen LogP contribution in [-0.2, 0) is 0 Å². The van der Waals surface area contributed by atoms with Crippen LogP contribution < -0.4 is 5.32 Å². The van der Waals surface area contributed by atoms with Gasteiger partial charge in [-0.3, -0.25) is 0 Å². The third-order valence-corrected chi connectivity index (χ3v) is 3.19. The lowest BCUT2D eigenvalue weighted by molar-refractivity contribution is 0.536. The predicted octanol–water partition coefficient (Wildman–Crippen LogP) is 3.30. The van der Waals surface area contributed by atoms with Crippen molar-refractivity contribution in [1.82, 2.24) is 4.98 Å². The number of hydrogen-bond acceptors (Lipinski definition) is 2. The summed E-state index contributed by atoms with van der Waals surface area (Å²) in [6.07, 6.45) is 2.82. The van der Waals surface area contributed by atoms with Crippen molar-refractivity contribution >= 4 is 21.7 Å². The van der Waals surface area contributed by atoms with Crippen molar-refractivity contribution in [2.45, 2.75) is 19.8 Å². The van der Waals surface area contributed by atoms with Crippen molar-refractivity contribution in [1.29, 1.82) is 0 Å². The van der Waals surface area contributed by atoms with E-state index in [0.29, 0.717) is 0 Å². The lowest BCUT2D eigenvalue weighted by Gasteiger charge is -2.11. The highest BCUT2D eigenvalue weighted by molar-refractivity contribution is 9.10. The standard InChI is InChI=1S/C11H15BrN2/c1-8(9-5-6-9)7-13-11-4-2-3-10(12)14-11/h2-4,8-9H,5-7H2,1H3,(H,13,14). The number of rotatable bonds is 4. The highest BCUT2D eigenvalue weighted by Gasteiger charge is 2.27. The molecule has 1 aliphatic rings. The molecule has 0 aliphatic heterocycles. The van der Waals surface area contributed by atoms with Crippen LogP contribution in [0.2, 0.25) is 0 Å². The van der Waals surface area contributed by atoms with E-state index in [0.717, 1.165) is 28.8 Å². The molecule has 3 heteroatoms. The van der Waals surface area contributed by atoms with E-state index in [4.69, 9.17) is 0 Å². The molecule has 1 atom stereocenters. The summed E-state index contributed by atoms with van der Waals surface area (Å²) in [4.78, 5) is 4.33. The lowest BCUT2D eigenvalue weighted by Crippen LogP contribution is -2.13. The second kappa shape index (κ2) is 4.30. The van der Waals surface area contributed by atoms with E-state index >= 15 is 0 Å². The molecule has 1 heterocycles. The zero-order valence-electron chi connectivity index (χ0n) is 8.33. The Labute approximate surface area is 93.3 Å². The minimum absolute atomic E-state index is 0.774. The van der Waals surface area contributed by atoms with Gasteiger partial charge in [-0.25, -0.2) is 4.98 Å². The first-order chi connectivity index (χ1) is 6.75. The second-order valence-corrected chi connectivity index (χ2v) is 4.85. The summed E-state index contributed by atoms with van der Waals surface area (Å²) in [6.45, 7) is 3.34. The third-order valence-electron chi connectivity index (χ3n) is 2.75. The number of halogens is 1. The molecule has 1 unspecified atom stereocenters. The molecule has 0 radical (unpaired) electrons. The van der Waals surface area contributed by atoms with Gasteiger partial charge in [-0.05, 0) is 52.7 Å². The topological polar surface area (TPSA) is 24.9 Å². The van der Waals surface area contributed by atoms with Crippen LogP contribution in [0, 0.1) is 11.8 Å². The van der Waals surface area contributed by atoms with Crippen LogP contribution in [0.4, 0.5) is 5.82 Å². The van der Waals surface area contributed by atoms with Crippen molar-refractivity contribution in [2.24, 2.45) is 11.8 Å². The normalized spacial score (nSPS) is 17.9. The molecule has 0 spiro atoms. The Morgan fingerprint density at radius 3 is 3.00 bits per heavy atom. The molecule has 0 amide bonds. The molecule has 0 bridgehead atoms. The van der Waals surface area contributed by atoms with Crippen LogP contribution in [0.25, 0.3) is 0 Å². The summed E-state index contributed by atoms with van der Waals surface area (Å²) >= 11 is 3.36. The highest BCUT2D eigenvalue weighted by Crippen LogP contribution is 2.36. The zero-order chi connectivity index (χ0) is 9.97. The largest absolute Gasteiger partial charge is 0.370 e. The summed E-state index contributed by atoms with van der Waals surface area (Å²) in [5.41, 5.74) is 0. The highest BCUT2D eigenvalue weighted by atomic mass is 79.9. The molecule has 1 aliphatic carbocycles. The van der Waals surface area contributed by atoms with Crippen molar-refractivity contribution in [2.75, 3.05) is 11.9 Å². The quantitative estimate of drug-likeness (QED) is 0.835. The first kappa shape index (κ1) is 9.97. The van der Waals surface area contributed by atoms with E-state index in [1.54, 1.807) is 0 Å². The van der Waals surface area contributed by atoms with Gasteiger partial charge in [0.1, 0.15) is 10.4 Å². The molecule has 0 saturated heterocycles. The summed E-state index contributed by atoms with van der Waals surface area (Å²) in [5.74, 6) is 2.69. The number of hydrogen-bond donors (Lipinski definition) is 1. The van der Waals surface area contributed by atoms with Gasteiger partial charge in [0.15, 0.2) is 0 Å². The number of aromatic nitrogens is 1. The maximum atomic E-state index is 4.33. The summed E-state index contributed by atoms with van der Waals surface area (Å²) in [6, 6.07) is 5.95. The Kier molecular flexibility index (Phi) is 3.06. The van der Waals surface area contributed by atoms with Gasteiger partial charge >= 0.3 is 0 Å².